The molecule has 1 unspecified atom stereocenters. The monoisotopic (exact) mass is 282 g/mol. The lowest BCUT2D eigenvalue weighted by atomic mass is 9.96. The molecule has 114 valence electrons. The first-order valence-corrected chi connectivity index (χ1v) is 7.69. The van der Waals surface area contributed by atoms with Crippen molar-refractivity contribution < 1.29 is 9.59 Å². The number of imide groups is 1. The summed E-state index contributed by atoms with van der Waals surface area (Å²) in [6.07, 6.45) is 5.63. The predicted octanol–water partition coefficient (Wildman–Crippen LogP) is 0.439. The normalized spacial score (nSPS) is 25.1. The van der Waals surface area contributed by atoms with Gasteiger partial charge in [-0.25, -0.2) is 4.79 Å². The van der Waals surface area contributed by atoms with Crippen LogP contribution in [0, 0.1) is 0 Å². The summed E-state index contributed by atoms with van der Waals surface area (Å²) < 4.78 is 0. The highest BCUT2D eigenvalue weighted by Crippen LogP contribution is 2.17. The fraction of sp³-hybridized carbons (Fsp3) is 0.857. The van der Waals surface area contributed by atoms with Gasteiger partial charge in [0, 0.05) is 31.7 Å². The first-order chi connectivity index (χ1) is 9.63. The molecule has 0 aromatic heterocycles. The lowest BCUT2D eigenvalue weighted by molar-refractivity contribution is -0.121. The number of carbonyl (C=O) groups is 2. The van der Waals surface area contributed by atoms with E-state index in [2.05, 4.69) is 27.8 Å². The van der Waals surface area contributed by atoms with Gasteiger partial charge in [-0.3, -0.25) is 15.0 Å². The van der Waals surface area contributed by atoms with Gasteiger partial charge in [-0.05, 0) is 19.8 Å². The summed E-state index contributed by atoms with van der Waals surface area (Å²) >= 11 is 0. The Kier molecular flexibility index (Phi) is 5.79. The van der Waals surface area contributed by atoms with E-state index >= 15 is 0 Å². The van der Waals surface area contributed by atoms with Gasteiger partial charge in [0.15, 0.2) is 0 Å². The fourth-order valence-corrected chi connectivity index (χ4v) is 2.99. The second-order valence-corrected chi connectivity index (χ2v) is 5.95. The molecule has 20 heavy (non-hydrogen) atoms. The highest BCUT2D eigenvalue weighted by atomic mass is 16.2. The maximum Gasteiger partial charge on any atom is 0.321 e. The highest BCUT2D eigenvalue weighted by Gasteiger charge is 2.20. The zero-order chi connectivity index (χ0) is 14.4. The average molecular weight is 282 g/mol. The molecule has 1 saturated heterocycles. The molecule has 2 aliphatic rings. The van der Waals surface area contributed by atoms with Crippen LogP contribution in [0.15, 0.2) is 0 Å². The number of amides is 3. The maximum absolute atomic E-state index is 11.8. The Morgan fingerprint density at radius 3 is 2.70 bits per heavy atom. The Labute approximate surface area is 120 Å². The van der Waals surface area contributed by atoms with Crippen LogP contribution in [0.5, 0.6) is 0 Å². The molecular formula is C14H26N4O2. The van der Waals surface area contributed by atoms with Crippen molar-refractivity contribution in [3.05, 3.63) is 0 Å². The SMILES string of the molecule is CC1CN(CC(=O)NC(=O)NC2CCCCC2)CCN1. The van der Waals surface area contributed by atoms with Crippen molar-refractivity contribution in [3.63, 3.8) is 0 Å². The number of rotatable bonds is 3. The molecule has 3 amide bonds. The standard InChI is InChI=1S/C14H26N4O2/c1-11-9-18(8-7-15-11)10-13(19)17-14(20)16-12-5-3-2-4-6-12/h11-12,15H,2-10H2,1H3,(H2,16,17,19,20). The van der Waals surface area contributed by atoms with Crippen molar-refractivity contribution in [2.75, 3.05) is 26.2 Å². The second kappa shape index (κ2) is 7.59. The van der Waals surface area contributed by atoms with Crippen molar-refractivity contribution >= 4 is 11.9 Å². The lowest BCUT2D eigenvalue weighted by Gasteiger charge is -2.31. The smallest absolute Gasteiger partial charge is 0.321 e. The van der Waals surface area contributed by atoms with E-state index in [0.29, 0.717) is 12.6 Å². The van der Waals surface area contributed by atoms with E-state index in [1.807, 2.05) is 0 Å². The number of piperazine rings is 1. The largest absolute Gasteiger partial charge is 0.335 e. The number of urea groups is 1. The molecule has 0 spiro atoms. The van der Waals surface area contributed by atoms with Crippen LogP contribution in [0.25, 0.3) is 0 Å². The van der Waals surface area contributed by atoms with Crippen LogP contribution >= 0.6 is 0 Å². The highest BCUT2D eigenvalue weighted by molar-refractivity contribution is 5.95. The third-order valence-corrected chi connectivity index (χ3v) is 4.01. The molecule has 6 heteroatoms. The average Bonchev–Trinajstić information content (AvgIpc) is 2.39. The molecule has 1 atom stereocenters. The first kappa shape index (κ1) is 15.3. The van der Waals surface area contributed by atoms with Gasteiger partial charge in [0.2, 0.25) is 5.91 Å². The first-order valence-electron chi connectivity index (χ1n) is 7.69. The Balaban J connectivity index is 1.66. The summed E-state index contributed by atoms with van der Waals surface area (Å²) in [6.45, 7) is 4.98. The Hall–Kier alpha value is -1.14. The van der Waals surface area contributed by atoms with Crippen LogP contribution in [-0.4, -0.2) is 55.1 Å². The van der Waals surface area contributed by atoms with E-state index < -0.39 is 0 Å². The van der Waals surface area contributed by atoms with E-state index in [1.54, 1.807) is 0 Å². The topological polar surface area (TPSA) is 73.5 Å². The molecule has 1 heterocycles. The van der Waals surface area contributed by atoms with Gasteiger partial charge in [0.1, 0.15) is 0 Å². The molecule has 1 aliphatic carbocycles. The fourth-order valence-electron chi connectivity index (χ4n) is 2.99. The lowest BCUT2D eigenvalue weighted by Crippen LogP contribution is -2.53. The van der Waals surface area contributed by atoms with Crippen molar-refractivity contribution in [1.82, 2.24) is 20.9 Å². The van der Waals surface area contributed by atoms with Crippen LogP contribution in [0.3, 0.4) is 0 Å². The molecule has 1 aliphatic heterocycles. The molecule has 2 fully saturated rings. The molecule has 0 aromatic rings. The van der Waals surface area contributed by atoms with E-state index in [4.69, 9.17) is 0 Å². The molecule has 1 saturated carbocycles. The minimum absolute atomic E-state index is 0.215. The quantitative estimate of drug-likeness (QED) is 0.702. The van der Waals surface area contributed by atoms with Crippen molar-refractivity contribution in [3.8, 4) is 0 Å². The van der Waals surface area contributed by atoms with E-state index in [1.165, 1.54) is 6.42 Å². The Morgan fingerprint density at radius 1 is 1.25 bits per heavy atom. The van der Waals surface area contributed by atoms with Gasteiger partial charge >= 0.3 is 6.03 Å². The zero-order valence-electron chi connectivity index (χ0n) is 12.3. The number of nitrogens with zero attached hydrogens (tertiary/aromatic N) is 1. The van der Waals surface area contributed by atoms with Crippen LogP contribution < -0.4 is 16.0 Å². The number of hydrogen-bond donors (Lipinski definition) is 3. The molecule has 0 aromatic carbocycles. The summed E-state index contributed by atoms with van der Waals surface area (Å²) in [5.74, 6) is -0.215. The van der Waals surface area contributed by atoms with Gasteiger partial charge in [-0.2, -0.15) is 0 Å². The molecule has 3 N–H and O–H groups in total. The Bertz CT molecular complexity index is 342. The second-order valence-electron chi connectivity index (χ2n) is 5.95. The van der Waals surface area contributed by atoms with Gasteiger partial charge in [-0.1, -0.05) is 19.3 Å². The van der Waals surface area contributed by atoms with Gasteiger partial charge in [0.05, 0.1) is 6.54 Å². The number of hydrogen-bond acceptors (Lipinski definition) is 4. The predicted molar refractivity (Wildman–Crippen MR) is 77.5 cm³/mol. The molecular weight excluding hydrogens is 256 g/mol. The third-order valence-electron chi connectivity index (χ3n) is 4.01. The minimum Gasteiger partial charge on any atom is -0.335 e. The summed E-state index contributed by atoms with van der Waals surface area (Å²) in [6, 6.07) is 0.286. The minimum atomic E-state index is -0.343. The Morgan fingerprint density at radius 2 is 2.00 bits per heavy atom. The molecule has 0 radical (unpaired) electrons. The van der Waals surface area contributed by atoms with E-state index in [0.717, 1.165) is 45.3 Å². The maximum atomic E-state index is 11.8. The zero-order valence-corrected chi connectivity index (χ0v) is 12.3. The molecule has 0 bridgehead atoms. The van der Waals surface area contributed by atoms with Crippen molar-refractivity contribution in [2.45, 2.75) is 51.1 Å². The van der Waals surface area contributed by atoms with Crippen LogP contribution in [0.2, 0.25) is 0 Å². The van der Waals surface area contributed by atoms with Crippen LogP contribution in [0.1, 0.15) is 39.0 Å². The van der Waals surface area contributed by atoms with Gasteiger partial charge in [0.25, 0.3) is 0 Å². The van der Waals surface area contributed by atoms with Crippen molar-refractivity contribution in [1.29, 1.82) is 0 Å². The summed E-state index contributed by atoms with van der Waals surface area (Å²) in [5.41, 5.74) is 0. The third kappa shape index (κ3) is 5.09. The summed E-state index contributed by atoms with van der Waals surface area (Å²) in [4.78, 5) is 25.7. The van der Waals surface area contributed by atoms with E-state index in [-0.39, 0.29) is 18.0 Å². The van der Waals surface area contributed by atoms with E-state index in [9.17, 15) is 9.59 Å². The molecule has 2 rings (SSSR count). The summed E-state index contributed by atoms with van der Waals surface area (Å²) in [7, 11) is 0. The van der Waals surface area contributed by atoms with Gasteiger partial charge in [-0.15, -0.1) is 0 Å². The van der Waals surface area contributed by atoms with Gasteiger partial charge < -0.3 is 10.6 Å². The van der Waals surface area contributed by atoms with Crippen LogP contribution in [0.4, 0.5) is 4.79 Å². The van der Waals surface area contributed by atoms with Crippen molar-refractivity contribution in [2.24, 2.45) is 0 Å². The molecule has 6 nitrogen and oxygen atoms in total. The van der Waals surface area contributed by atoms with Crippen LogP contribution in [-0.2, 0) is 4.79 Å². The summed E-state index contributed by atoms with van der Waals surface area (Å²) in [5, 5.41) is 8.66. The number of nitrogens with one attached hydrogen (secondary N) is 3. The number of carbonyl (C=O) groups excluding carboxylic acids is 2.